The fourth-order valence-corrected chi connectivity index (χ4v) is 2.89. The molecule has 7 nitrogen and oxygen atoms in total. The lowest BCUT2D eigenvalue weighted by atomic mass is 10.1. The third-order valence-corrected chi connectivity index (χ3v) is 3.99. The smallest absolute Gasteiger partial charge is 0.373 e. The molecule has 0 spiro atoms. The third kappa shape index (κ3) is 3.47. The summed E-state index contributed by atoms with van der Waals surface area (Å²) in [5.74, 6) is -0.641. The Labute approximate surface area is 139 Å². The fraction of sp³-hybridized carbons (Fsp3) is 0.333. The second-order valence-corrected chi connectivity index (χ2v) is 5.67. The predicted molar refractivity (Wildman–Crippen MR) is 83.1 cm³/mol. The Kier molecular flexibility index (Phi) is 4.19. The van der Waals surface area contributed by atoms with Crippen molar-refractivity contribution in [2.75, 3.05) is 18.4 Å². The number of benzene rings is 1. The van der Waals surface area contributed by atoms with Crippen LogP contribution in [-0.4, -0.2) is 46.0 Å². The lowest BCUT2D eigenvalue weighted by Gasteiger charge is -2.19. The number of fused-ring (bicyclic) bond motifs is 1. The molecule has 0 saturated carbocycles. The number of carbonyl (C=O) groups is 1. The van der Waals surface area contributed by atoms with E-state index in [9.17, 15) is 28.1 Å². The summed E-state index contributed by atoms with van der Waals surface area (Å²) in [4.78, 5) is 27.3. The van der Waals surface area contributed by atoms with Gasteiger partial charge < -0.3 is 10.2 Å². The maximum absolute atomic E-state index is 12.5. The summed E-state index contributed by atoms with van der Waals surface area (Å²) in [7, 11) is 0. The number of nitrogens with one attached hydrogen (secondary N) is 1. The van der Waals surface area contributed by atoms with Crippen LogP contribution in [0.3, 0.4) is 0 Å². The van der Waals surface area contributed by atoms with Gasteiger partial charge in [-0.25, -0.2) is 0 Å². The van der Waals surface area contributed by atoms with E-state index in [1.807, 2.05) is 0 Å². The number of pyridine rings is 1. The molecule has 0 radical (unpaired) electrons. The second-order valence-electron chi connectivity index (χ2n) is 5.67. The van der Waals surface area contributed by atoms with Crippen LogP contribution in [0.15, 0.2) is 30.6 Å². The van der Waals surface area contributed by atoms with Gasteiger partial charge in [-0.2, -0.15) is 13.2 Å². The number of halogens is 3. The topological polar surface area (TPSA) is 88.4 Å². The SMILES string of the molecule is O=C1C(Nc2ccc([N+](=O)[O-])c3cnccc23)CCN1CC(F)(F)F. The summed E-state index contributed by atoms with van der Waals surface area (Å²) in [6.07, 6.45) is -1.44. The predicted octanol–water partition coefficient (Wildman–Crippen LogP) is 2.72. The number of hydrogen-bond donors (Lipinski definition) is 1. The molecule has 0 aliphatic carbocycles. The number of carbonyl (C=O) groups excluding carboxylic acids is 1. The van der Waals surface area contributed by atoms with E-state index in [2.05, 4.69) is 10.3 Å². The van der Waals surface area contributed by atoms with Crippen LogP contribution in [0.25, 0.3) is 10.8 Å². The summed E-state index contributed by atoms with van der Waals surface area (Å²) in [5.41, 5.74) is 0.306. The molecule has 3 rings (SSSR count). The molecule has 1 aliphatic heterocycles. The minimum atomic E-state index is -4.45. The van der Waals surface area contributed by atoms with Gasteiger partial charge in [0.05, 0.1) is 10.3 Å². The van der Waals surface area contributed by atoms with Gasteiger partial charge in [0.25, 0.3) is 5.69 Å². The van der Waals surface area contributed by atoms with Crippen LogP contribution in [0, 0.1) is 10.1 Å². The Hall–Kier alpha value is -2.91. The van der Waals surface area contributed by atoms with E-state index in [1.165, 1.54) is 24.5 Å². The monoisotopic (exact) mass is 354 g/mol. The van der Waals surface area contributed by atoms with E-state index in [4.69, 9.17) is 0 Å². The molecular formula is C15H13F3N4O3. The molecule has 1 saturated heterocycles. The van der Waals surface area contributed by atoms with Gasteiger partial charge in [-0.3, -0.25) is 19.9 Å². The summed E-state index contributed by atoms with van der Waals surface area (Å²) >= 11 is 0. The third-order valence-electron chi connectivity index (χ3n) is 3.99. The number of rotatable bonds is 4. The molecule has 1 unspecified atom stereocenters. The number of aromatic nitrogens is 1. The molecule has 132 valence electrons. The molecule has 1 fully saturated rings. The van der Waals surface area contributed by atoms with Crippen molar-refractivity contribution in [3.8, 4) is 0 Å². The molecule has 10 heteroatoms. The van der Waals surface area contributed by atoms with Crippen molar-refractivity contribution in [1.82, 2.24) is 9.88 Å². The average molecular weight is 354 g/mol. The van der Waals surface area contributed by atoms with Gasteiger partial charge in [-0.1, -0.05) is 0 Å². The Morgan fingerprint density at radius 2 is 2.08 bits per heavy atom. The second kappa shape index (κ2) is 6.19. The van der Waals surface area contributed by atoms with Gasteiger partial charge in [-0.15, -0.1) is 0 Å². The number of likely N-dealkylation sites (tertiary alicyclic amines) is 1. The quantitative estimate of drug-likeness (QED) is 0.674. The first-order chi connectivity index (χ1) is 11.8. The van der Waals surface area contributed by atoms with Crippen LogP contribution in [0.5, 0.6) is 0 Å². The van der Waals surface area contributed by atoms with E-state index in [-0.39, 0.29) is 24.0 Å². The van der Waals surface area contributed by atoms with Crippen LogP contribution >= 0.6 is 0 Å². The maximum Gasteiger partial charge on any atom is 0.406 e. The Balaban J connectivity index is 1.86. The molecule has 1 amide bonds. The van der Waals surface area contributed by atoms with E-state index >= 15 is 0 Å². The van der Waals surface area contributed by atoms with Crippen LogP contribution in [-0.2, 0) is 4.79 Å². The Morgan fingerprint density at radius 1 is 1.32 bits per heavy atom. The number of amides is 1. The molecule has 1 atom stereocenters. The zero-order valence-electron chi connectivity index (χ0n) is 12.8. The minimum absolute atomic E-state index is 0.00246. The van der Waals surface area contributed by atoms with Crippen molar-refractivity contribution < 1.29 is 22.9 Å². The van der Waals surface area contributed by atoms with E-state index in [1.54, 1.807) is 6.07 Å². The number of nitrogens with zero attached hydrogens (tertiary/aromatic N) is 3. The van der Waals surface area contributed by atoms with Crippen LogP contribution in [0.4, 0.5) is 24.5 Å². The number of alkyl halides is 3. The summed E-state index contributed by atoms with van der Waals surface area (Å²) in [6.45, 7) is -1.28. The molecule has 1 N–H and O–H groups in total. The molecule has 2 heterocycles. The highest BCUT2D eigenvalue weighted by atomic mass is 19.4. The fourth-order valence-electron chi connectivity index (χ4n) is 2.89. The van der Waals surface area contributed by atoms with Gasteiger partial charge in [0.15, 0.2) is 0 Å². The average Bonchev–Trinajstić information content (AvgIpc) is 2.86. The molecule has 25 heavy (non-hydrogen) atoms. The molecule has 0 bridgehead atoms. The first-order valence-electron chi connectivity index (χ1n) is 7.39. The zero-order chi connectivity index (χ0) is 18.2. The molecule has 1 aliphatic rings. The van der Waals surface area contributed by atoms with Gasteiger partial charge >= 0.3 is 6.18 Å². The molecular weight excluding hydrogens is 341 g/mol. The van der Waals surface area contributed by atoms with Crippen molar-refractivity contribution in [2.45, 2.75) is 18.6 Å². The summed E-state index contributed by atoms with van der Waals surface area (Å²) in [6, 6.07) is 3.47. The van der Waals surface area contributed by atoms with Crippen molar-refractivity contribution in [2.24, 2.45) is 0 Å². The van der Waals surface area contributed by atoms with Crippen molar-refractivity contribution >= 4 is 28.1 Å². The number of anilines is 1. The highest BCUT2D eigenvalue weighted by Gasteiger charge is 2.39. The number of nitro groups is 1. The number of non-ortho nitro benzene ring substituents is 1. The lowest BCUT2D eigenvalue weighted by Crippen LogP contribution is -2.39. The standard InChI is InChI=1S/C15H13F3N4O3/c16-15(17,18)8-21-6-4-12(14(21)23)20-11-1-2-13(22(24)25)10-7-19-5-3-9(10)11/h1-3,5,7,12,20H,4,6,8H2. The van der Waals surface area contributed by atoms with Crippen LogP contribution in [0.1, 0.15) is 6.42 Å². The minimum Gasteiger partial charge on any atom is -0.373 e. The van der Waals surface area contributed by atoms with Gasteiger partial charge in [0, 0.05) is 36.1 Å². The molecule has 1 aromatic heterocycles. The van der Waals surface area contributed by atoms with Crippen LogP contribution in [0.2, 0.25) is 0 Å². The number of nitro benzene ring substituents is 1. The zero-order valence-corrected chi connectivity index (χ0v) is 12.8. The first-order valence-corrected chi connectivity index (χ1v) is 7.39. The summed E-state index contributed by atoms with van der Waals surface area (Å²) in [5, 5.41) is 14.8. The van der Waals surface area contributed by atoms with Crippen molar-refractivity contribution in [1.29, 1.82) is 0 Å². The van der Waals surface area contributed by atoms with Crippen LogP contribution < -0.4 is 5.32 Å². The molecule has 1 aromatic carbocycles. The van der Waals surface area contributed by atoms with E-state index in [0.717, 1.165) is 4.90 Å². The van der Waals surface area contributed by atoms with Crippen molar-refractivity contribution in [3.63, 3.8) is 0 Å². The number of hydrogen-bond acceptors (Lipinski definition) is 5. The van der Waals surface area contributed by atoms with Gasteiger partial charge in [0.2, 0.25) is 5.91 Å². The summed E-state index contributed by atoms with van der Waals surface area (Å²) < 4.78 is 37.4. The lowest BCUT2D eigenvalue weighted by molar-refractivity contribution is -0.383. The normalized spacial score (nSPS) is 18.0. The Bertz CT molecular complexity index is 840. The first kappa shape index (κ1) is 16.9. The van der Waals surface area contributed by atoms with Crippen molar-refractivity contribution in [3.05, 3.63) is 40.7 Å². The van der Waals surface area contributed by atoms with E-state index < -0.39 is 29.6 Å². The maximum atomic E-state index is 12.5. The van der Waals surface area contributed by atoms with Gasteiger partial charge in [0.1, 0.15) is 12.6 Å². The largest absolute Gasteiger partial charge is 0.406 e. The highest BCUT2D eigenvalue weighted by molar-refractivity contribution is 6.00. The van der Waals surface area contributed by atoms with E-state index in [0.29, 0.717) is 11.1 Å². The highest BCUT2D eigenvalue weighted by Crippen LogP contribution is 2.32. The van der Waals surface area contributed by atoms with Gasteiger partial charge in [-0.05, 0) is 18.6 Å². The Morgan fingerprint density at radius 3 is 2.76 bits per heavy atom. The molecule has 2 aromatic rings.